The lowest BCUT2D eigenvalue weighted by molar-refractivity contribution is -0.127. The molecule has 0 aliphatic carbocycles. The fourth-order valence-corrected chi connectivity index (χ4v) is 4.76. The van der Waals surface area contributed by atoms with E-state index < -0.39 is 11.6 Å². The van der Waals surface area contributed by atoms with Crippen molar-refractivity contribution in [3.05, 3.63) is 35.4 Å². The number of likely N-dealkylation sites (tertiary alicyclic amines) is 2. The van der Waals surface area contributed by atoms with Crippen molar-refractivity contribution in [3.63, 3.8) is 0 Å². The number of nitrogens with zero attached hydrogens (tertiary/aromatic N) is 2. The van der Waals surface area contributed by atoms with Gasteiger partial charge < -0.3 is 15.5 Å². The normalized spacial score (nSPS) is 23.9. The maximum atomic E-state index is 14.0. The summed E-state index contributed by atoms with van der Waals surface area (Å²) >= 11 is 0. The molecule has 1 aromatic carbocycles. The standard InChI is InChI=1S/C23H36F2N4O/c1-4-9-28-10-7-20(8-11-28)29-15-19(13-22(29)23(30)27-16(2)3)26-14-17-5-6-18(24)12-21(17)25/h5-6,12,16,19-20,22,26H,4,7-11,13-15H2,1-3H3,(H,27,30)/t19-,22-/m0/s1. The van der Waals surface area contributed by atoms with E-state index in [9.17, 15) is 13.6 Å². The van der Waals surface area contributed by atoms with Crippen molar-refractivity contribution in [2.45, 2.75) is 77.2 Å². The van der Waals surface area contributed by atoms with Gasteiger partial charge in [0.2, 0.25) is 5.91 Å². The average Bonchev–Trinajstić information content (AvgIpc) is 3.12. The van der Waals surface area contributed by atoms with E-state index in [0.717, 1.165) is 45.1 Å². The molecule has 0 bridgehead atoms. The number of nitrogens with one attached hydrogen (secondary N) is 2. The molecule has 7 heteroatoms. The molecule has 2 heterocycles. The number of carbonyl (C=O) groups is 1. The summed E-state index contributed by atoms with van der Waals surface area (Å²) in [5.41, 5.74) is 0.450. The third-order valence-corrected chi connectivity index (χ3v) is 6.24. The summed E-state index contributed by atoms with van der Waals surface area (Å²) in [5, 5.41) is 6.47. The summed E-state index contributed by atoms with van der Waals surface area (Å²) < 4.78 is 27.1. The Kier molecular flexibility index (Phi) is 8.20. The van der Waals surface area contributed by atoms with Gasteiger partial charge in [0.05, 0.1) is 6.04 Å². The zero-order valence-corrected chi connectivity index (χ0v) is 18.5. The van der Waals surface area contributed by atoms with Crippen molar-refractivity contribution in [1.29, 1.82) is 0 Å². The van der Waals surface area contributed by atoms with E-state index in [0.29, 0.717) is 24.6 Å². The van der Waals surface area contributed by atoms with Gasteiger partial charge in [0, 0.05) is 42.8 Å². The smallest absolute Gasteiger partial charge is 0.237 e. The van der Waals surface area contributed by atoms with Gasteiger partial charge in [-0.2, -0.15) is 0 Å². The Balaban J connectivity index is 1.63. The highest BCUT2D eigenvalue weighted by molar-refractivity contribution is 5.82. The minimum Gasteiger partial charge on any atom is -0.353 e. The molecule has 5 nitrogen and oxygen atoms in total. The zero-order chi connectivity index (χ0) is 21.7. The van der Waals surface area contributed by atoms with E-state index in [-0.39, 0.29) is 24.0 Å². The molecule has 0 radical (unpaired) electrons. The monoisotopic (exact) mass is 422 g/mol. The molecule has 2 atom stereocenters. The van der Waals surface area contributed by atoms with Crippen LogP contribution in [0.2, 0.25) is 0 Å². The number of piperidine rings is 1. The minimum atomic E-state index is -0.567. The number of amides is 1. The van der Waals surface area contributed by atoms with Gasteiger partial charge in [-0.05, 0) is 65.2 Å². The SMILES string of the molecule is CCCN1CCC(N2C[C@@H](NCc3ccc(F)cc3F)C[C@H]2C(=O)NC(C)C)CC1. The molecular formula is C23H36F2N4O. The Hall–Kier alpha value is -1.57. The maximum Gasteiger partial charge on any atom is 0.237 e. The molecule has 2 fully saturated rings. The van der Waals surface area contributed by atoms with Crippen LogP contribution in [0.4, 0.5) is 8.78 Å². The molecule has 0 aromatic heterocycles. The second-order valence-electron chi connectivity index (χ2n) is 9.00. The third kappa shape index (κ3) is 5.99. The number of rotatable bonds is 8. The van der Waals surface area contributed by atoms with Crippen molar-refractivity contribution >= 4 is 5.91 Å². The number of benzene rings is 1. The summed E-state index contributed by atoms with van der Waals surface area (Å²) in [6.07, 6.45) is 4.02. The molecule has 2 saturated heterocycles. The van der Waals surface area contributed by atoms with E-state index in [1.54, 1.807) is 0 Å². The molecule has 0 saturated carbocycles. The molecule has 30 heavy (non-hydrogen) atoms. The number of hydrogen-bond acceptors (Lipinski definition) is 4. The topological polar surface area (TPSA) is 47.6 Å². The predicted molar refractivity (Wildman–Crippen MR) is 115 cm³/mol. The van der Waals surface area contributed by atoms with Crippen LogP contribution in [-0.2, 0) is 11.3 Å². The van der Waals surface area contributed by atoms with Gasteiger partial charge in [0.15, 0.2) is 0 Å². The van der Waals surface area contributed by atoms with E-state index in [2.05, 4.69) is 27.4 Å². The lowest BCUT2D eigenvalue weighted by atomic mass is 10.0. The van der Waals surface area contributed by atoms with Crippen LogP contribution in [0.5, 0.6) is 0 Å². The van der Waals surface area contributed by atoms with Crippen molar-refractivity contribution in [2.75, 3.05) is 26.2 Å². The number of hydrogen-bond donors (Lipinski definition) is 2. The van der Waals surface area contributed by atoms with Gasteiger partial charge in [-0.1, -0.05) is 13.0 Å². The molecular weight excluding hydrogens is 386 g/mol. The van der Waals surface area contributed by atoms with Crippen molar-refractivity contribution < 1.29 is 13.6 Å². The van der Waals surface area contributed by atoms with Crippen LogP contribution >= 0.6 is 0 Å². The fraction of sp³-hybridized carbons (Fsp3) is 0.696. The highest BCUT2D eigenvalue weighted by Crippen LogP contribution is 2.27. The summed E-state index contributed by atoms with van der Waals surface area (Å²) in [6.45, 7) is 10.6. The van der Waals surface area contributed by atoms with Crippen LogP contribution in [0.3, 0.4) is 0 Å². The van der Waals surface area contributed by atoms with Crippen LogP contribution in [0.1, 0.15) is 52.0 Å². The van der Waals surface area contributed by atoms with Crippen molar-refractivity contribution in [2.24, 2.45) is 0 Å². The van der Waals surface area contributed by atoms with E-state index in [4.69, 9.17) is 0 Å². The molecule has 3 rings (SSSR count). The Morgan fingerprint density at radius 3 is 2.60 bits per heavy atom. The van der Waals surface area contributed by atoms with Gasteiger partial charge in [0.25, 0.3) is 0 Å². The highest BCUT2D eigenvalue weighted by Gasteiger charge is 2.41. The van der Waals surface area contributed by atoms with Crippen LogP contribution in [0.25, 0.3) is 0 Å². The Labute approximate surface area is 179 Å². The number of carbonyl (C=O) groups excluding carboxylic acids is 1. The molecule has 0 spiro atoms. The second-order valence-corrected chi connectivity index (χ2v) is 9.00. The third-order valence-electron chi connectivity index (χ3n) is 6.24. The Morgan fingerprint density at radius 2 is 1.97 bits per heavy atom. The molecule has 2 aliphatic heterocycles. The molecule has 0 unspecified atom stereocenters. The first-order valence-corrected chi connectivity index (χ1v) is 11.3. The van der Waals surface area contributed by atoms with Crippen LogP contribution in [0.15, 0.2) is 18.2 Å². The second kappa shape index (κ2) is 10.6. The summed E-state index contributed by atoms with van der Waals surface area (Å²) in [6, 6.07) is 4.13. The lowest BCUT2D eigenvalue weighted by Crippen LogP contribution is -2.52. The van der Waals surface area contributed by atoms with Crippen LogP contribution in [0, 0.1) is 11.6 Å². The Bertz CT molecular complexity index is 706. The molecule has 1 amide bonds. The minimum absolute atomic E-state index is 0.0817. The molecule has 1 aromatic rings. The van der Waals surface area contributed by atoms with Crippen LogP contribution < -0.4 is 10.6 Å². The van der Waals surface area contributed by atoms with Gasteiger partial charge in [-0.25, -0.2) is 8.78 Å². The van der Waals surface area contributed by atoms with Crippen LogP contribution in [-0.4, -0.2) is 66.1 Å². The first kappa shape index (κ1) is 23.1. The summed E-state index contributed by atoms with van der Waals surface area (Å²) in [7, 11) is 0. The van der Waals surface area contributed by atoms with Crippen molar-refractivity contribution in [1.82, 2.24) is 20.4 Å². The van der Waals surface area contributed by atoms with Crippen molar-refractivity contribution in [3.8, 4) is 0 Å². The average molecular weight is 423 g/mol. The predicted octanol–water partition coefficient (Wildman–Crippen LogP) is 2.90. The van der Waals surface area contributed by atoms with E-state index in [1.165, 1.54) is 18.6 Å². The maximum absolute atomic E-state index is 14.0. The quantitative estimate of drug-likeness (QED) is 0.676. The van der Waals surface area contributed by atoms with Gasteiger partial charge >= 0.3 is 0 Å². The van der Waals surface area contributed by atoms with E-state index in [1.807, 2.05) is 13.8 Å². The molecule has 2 aliphatic rings. The lowest BCUT2D eigenvalue weighted by Gasteiger charge is -2.39. The summed E-state index contributed by atoms with van der Waals surface area (Å²) in [5.74, 6) is -1.02. The molecule has 168 valence electrons. The zero-order valence-electron chi connectivity index (χ0n) is 18.5. The first-order chi connectivity index (χ1) is 14.4. The number of halogens is 2. The largest absolute Gasteiger partial charge is 0.353 e. The molecule has 2 N–H and O–H groups in total. The highest BCUT2D eigenvalue weighted by atomic mass is 19.1. The first-order valence-electron chi connectivity index (χ1n) is 11.3. The van der Waals surface area contributed by atoms with Gasteiger partial charge in [-0.15, -0.1) is 0 Å². The Morgan fingerprint density at radius 1 is 1.23 bits per heavy atom. The van der Waals surface area contributed by atoms with Gasteiger partial charge in [-0.3, -0.25) is 9.69 Å². The van der Waals surface area contributed by atoms with E-state index >= 15 is 0 Å². The summed E-state index contributed by atoms with van der Waals surface area (Å²) in [4.78, 5) is 17.8. The van der Waals surface area contributed by atoms with Gasteiger partial charge in [0.1, 0.15) is 11.6 Å². The fourth-order valence-electron chi connectivity index (χ4n) is 4.76.